The molecule has 0 aromatic carbocycles. The summed E-state index contributed by atoms with van der Waals surface area (Å²) in [5.41, 5.74) is 0. The highest BCUT2D eigenvalue weighted by Gasteiger charge is 2.30. The number of hydrogen-bond acceptors (Lipinski definition) is 3. The molecular formula is C12H22N2O2S. The van der Waals surface area contributed by atoms with Gasteiger partial charge in [0.2, 0.25) is 11.8 Å². The second-order valence-electron chi connectivity index (χ2n) is 4.34. The molecule has 1 N–H and O–H groups in total. The van der Waals surface area contributed by atoms with E-state index in [-0.39, 0.29) is 24.4 Å². The second kappa shape index (κ2) is 7.58. The molecule has 1 aliphatic heterocycles. The monoisotopic (exact) mass is 258 g/mol. The van der Waals surface area contributed by atoms with Crippen molar-refractivity contribution in [2.75, 3.05) is 25.1 Å². The Morgan fingerprint density at radius 1 is 1.35 bits per heavy atom. The maximum Gasteiger partial charge on any atom is 0.245 e. The van der Waals surface area contributed by atoms with Crippen LogP contribution in [0, 0.1) is 0 Å². The molecule has 0 aromatic heterocycles. The van der Waals surface area contributed by atoms with E-state index in [1.54, 1.807) is 4.90 Å². The number of carbonyl (C=O) groups is 2. The molecule has 4 nitrogen and oxygen atoms in total. The summed E-state index contributed by atoms with van der Waals surface area (Å²) >= 11 is 1.85. The van der Waals surface area contributed by atoms with Crippen molar-refractivity contribution < 1.29 is 9.59 Å². The topological polar surface area (TPSA) is 49.4 Å². The van der Waals surface area contributed by atoms with Crippen LogP contribution in [0.3, 0.4) is 0 Å². The van der Waals surface area contributed by atoms with Gasteiger partial charge in [-0.05, 0) is 31.3 Å². The lowest BCUT2D eigenvalue weighted by molar-refractivity contribution is -0.144. The van der Waals surface area contributed by atoms with Gasteiger partial charge in [-0.3, -0.25) is 9.59 Å². The average molecular weight is 258 g/mol. The van der Waals surface area contributed by atoms with E-state index in [1.165, 1.54) is 12.2 Å². The molecule has 0 aromatic rings. The SMILES string of the molecule is CCC1NC(=O)CN(CCCCCSC)C1=O. The molecule has 1 fully saturated rings. The quantitative estimate of drug-likeness (QED) is 0.699. The number of nitrogens with one attached hydrogen (secondary N) is 1. The van der Waals surface area contributed by atoms with Gasteiger partial charge >= 0.3 is 0 Å². The first kappa shape index (κ1) is 14.4. The van der Waals surface area contributed by atoms with Gasteiger partial charge < -0.3 is 10.2 Å². The van der Waals surface area contributed by atoms with Crippen molar-refractivity contribution in [3.63, 3.8) is 0 Å². The van der Waals surface area contributed by atoms with E-state index >= 15 is 0 Å². The summed E-state index contributed by atoms with van der Waals surface area (Å²) in [7, 11) is 0. The van der Waals surface area contributed by atoms with Crippen molar-refractivity contribution in [2.24, 2.45) is 0 Å². The Morgan fingerprint density at radius 3 is 2.76 bits per heavy atom. The van der Waals surface area contributed by atoms with Crippen molar-refractivity contribution in [3.8, 4) is 0 Å². The number of nitrogens with zero attached hydrogens (tertiary/aromatic N) is 1. The van der Waals surface area contributed by atoms with Gasteiger partial charge in [0.15, 0.2) is 0 Å². The molecule has 0 aliphatic carbocycles. The molecule has 1 saturated heterocycles. The molecule has 98 valence electrons. The Kier molecular flexibility index (Phi) is 6.40. The largest absolute Gasteiger partial charge is 0.343 e. The second-order valence-corrected chi connectivity index (χ2v) is 5.33. The van der Waals surface area contributed by atoms with E-state index in [1.807, 2.05) is 18.7 Å². The summed E-state index contributed by atoms with van der Waals surface area (Å²) in [6.07, 6.45) is 6.09. The fourth-order valence-electron chi connectivity index (χ4n) is 1.97. The molecule has 17 heavy (non-hydrogen) atoms. The lowest BCUT2D eigenvalue weighted by Crippen LogP contribution is -2.57. The number of rotatable bonds is 7. The van der Waals surface area contributed by atoms with Crippen molar-refractivity contribution in [3.05, 3.63) is 0 Å². The van der Waals surface area contributed by atoms with Gasteiger partial charge in [0.1, 0.15) is 6.04 Å². The van der Waals surface area contributed by atoms with Crippen LogP contribution in [-0.4, -0.2) is 47.9 Å². The average Bonchev–Trinajstić information content (AvgIpc) is 2.32. The summed E-state index contributed by atoms with van der Waals surface area (Å²) in [6.45, 7) is 2.87. The first-order valence-electron chi connectivity index (χ1n) is 6.26. The molecular weight excluding hydrogens is 236 g/mol. The van der Waals surface area contributed by atoms with Gasteiger partial charge in [-0.2, -0.15) is 11.8 Å². The first-order valence-corrected chi connectivity index (χ1v) is 7.65. The van der Waals surface area contributed by atoms with E-state index in [2.05, 4.69) is 11.6 Å². The summed E-state index contributed by atoms with van der Waals surface area (Å²) in [5.74, 6) is 1.23. The summed E-state index contributed by atoms with van der Waals surface area (Å²) in [5, 5.41) is 2.72. The molecule has 1 heterocycles. The predicted molar refractivity (Wildman–Crippen MR) is 71.0 cm³/mol. The first-order chi connectivity index (χ1) is 8.19. The van der Waals surface area contributed by atoms with E-state index in [0.717, 1.165) is 19.4 Å². The van der Waals surface area contributed by atoms with Crippen LogP contribution in [0.5, 0.6) is 0 Å². The molecule has 1 aliphatic rings. The Balaban J connectivity index is 2.30. The third kappa shape index (κ3) is 4.58. The zero-order valence-electron chi connectivity index (χ0n) is 10.7. The highest BCUT2D eigenvalue weighted by Crippen LogP contribution is 2.08. The normalized spacial score (nSPS) is 20.6. The van der Waals surface area contributed by atoms with Crippen LogP contribution in [0.25, 0.3) is 0 Å². The number of unbranched alkanes of at least 4 members (excludes halogenated alkanes) is 2. The van der Waals surface area contributed by atoms with Crippen molar-refractivity contribution in [2.45, 2.75) is 38.6 Å². The Morgan fingerprint density at radius 2 is 2.12 bits per heavy atom. The van der Waals surface area contributed by atoms with Gasteiger partial charge in [0.05, 0.1) is 6.54 Å². The molecule has 0 spiro atoms. The van der Waals surface area contributed by atoms with Crippen LogP contribution >= 0.6 is 11.8 Å². The van der Waals surface area contributed by atoms with Crippen molar-refractivity contribution >= 4 is 23.6 Å². The fraction of sp³-hybridized carbons (Fsp3) is 0.833. The lowest BCUT2D eigenvalue weighted by atomic mass is 10.1. The Hall–Kier alpha value is -0.710. The number of piperazine rings is 1. The molecule has 1 unspecified atom stereocenters. The van der Waals surface area contributed by atoms with Crippen LogP contribution in [0.15, 0.2) is 0 Å². The number of thioether (sulfide) groups is 1. The predicted octanol–water partition coefficient (Wildman–Crippen LogP) is 1.26. The lowest BCUT2D eigenvalue weighted by Gasteiger charge is -2.32. The van der Waals surface area contributed by atoms with Crippen LogP contribution in [-0.2, 0) is 9.59 Å². The molecule has 1 atom stereocenters. The van der Waals surface area contributed by atoms with Crippen LogP contribution in [0.1, 0.15) is 32.6 Å². The van der Waals surface area contributed by atoms with E-state index in [4.69, 9.17) is 0 Å². The van der Waals surface area contributed by atoms with Gasteiger partial charge in [-0.1, -0.05) is 13.3 Å². The minimum Gasteiger partial charge on any atom is -0.343 e. The van der Waals surface area contributed by atoms with Crippen molar-refractivity contribution in [1.82, 2.24) is 10.2 Å². The summed E-state index contributed by atoms with van der Waals surface area (Å²) < 4.78 is 0. The fourth-order valence-corrected chi connectivity index (χ4v) is 2.46. The van der Waals surface area contributed by atoms with Crippen LogP contribution < -0.4 is 5.32 Å². The number of amides is 2. The van der Waals surface area contributed by atoms with Crippen molar-refractivity contribution in [1.29, 1.82) is 0 Å². The number of hydrogen-bond donors (Lipinski definition) is 1. The zero-order valence-corrected chi connectivity index (χ0v) is 11.5. The third-order valence-electron chi connectivity index (χ3n) is 2.96. The summed E-state index contributed by atoms with van der Waals surface area (Å²) in [4.78, 5) is 25.0. The molecule has 1 rings (SSSR count). The third-order valence-corrected chi connectivity index (χ3v) is 3.66. The smallest absolute Gasteiger partial charge is 0.245 e. The minimum atomic E-state index is -0.303. The van der Waals surface area contributed by atoms with Crippen LogP contribution in [0.4, 0.5) is 0 Å². The minimum absolute atomic E-state index is 0.0273. The number of carbonyl (C=O) groups excluding carboxylic acids is 2. The Bertz CT molecular complexity index is 271. The van der Waals surface area contributed by atoms with E-state index in [9.17, 15) is 9.59 Å². The Labute approximate surface area is 108 Å². The molecule has 0 bridgehead atoms. The van der Waals surface area contributed by atoms with Gasteiger partial charge in [-0.25, -0.2) is 0 Å². The zero-order chi connectivity index (χ0) is 12.7. The van der Waals surface area contributed by atoms with E-state index in [0.29, 0.717) is 6.42 Å². The highest BCUT2D eigenvalue weighted by molar-refractivity contribution is 7.98. The molecule has 0 saturated carbocycles. The maximum atomic E-state index is 11.9. The van der Waals surface area contributed by atoms with Gasteiger partial charge in [0.25, 0.3) is 0 Å². The maximum absolute atomic E-state index is 11.9. The highest BCUT2D eigenvalue weighted by atomic mass is 32.2. The molecule has 5 heteroatoms. The molecule has 2 amide bonds. The van der Waals surface area contributed by atoms with Gasteiger partial charge in [0, 0.05) is 6.54 Å². The summed E-state index contributed by atoms with van der Waals surface area (Å²) in [6, 6.07) is -0.303. The van der Waals surface area contributed by atoms with Gasteiger partial charge in [-0.15, -0.1) is 0 Å². The van der Waals surface area contributed by atoms with Crippen LogP contribution in [0.2, 0.25) is 0 Å². The molecule has 0 radical (unpaired) electrons. The van der Waals surface area contributed by atoms with E-state index < -0.39 is 0 Å². The standard InChI is InChI=1S/C12H22N2O2S/c1-3-10-12(16)14(9-11(15)13-10)7-5-4-6-8-17-2/h10H,3-9H2,1-2H3,(H,13,15).